The third-order valence-corrected chi connectivity index (χ3v) is 7.23. The molecule has 0 aromatic rings. The Kier molecular flexibility index (Phi) is 33.5. The molecule has 0 rings (SSSR count). The van der Waals surface area contributed by atoms with E-state index in [1.54, 1.807) is 0 Å². The van der Waals surface area contributed by atoms with Crippen LogP contribution < -0.4 is 34.0 Å². The van der Waals surface area contributed by atoms with E-state index < -0.39 is 0 Å². The molecular formula is C29H68N6. The maximum Gasteiger partial charge on any atom is 0.0372 e. The molecule has 0 aliphatic heterocycles. The van der Waals surface area contributed by atoms with Gasteiger partial charge in [-0.3, -0.25) is 22.5 Å². The van der Waals surface area contributed by atoms with E-state index in [1.165, 1.54) is 128 Å². The normalized spacial score (nSPS) is 13.8. The molecule has 0 spiro atoms. The van der Waals surface area contributed by atoms with Crippen molar-refractivity contribution in [3.05, 3.63) is 0 Å². The van der Waals surface area contributed by atoms with Crippen molar-refractivity contribution >= 4 is 0 Å². The number of nitrogens with one attached hydrogen (secondary N) is 2. The highest BCUT2D eigenvalue weighted by atomic mass is 15.3. The second kappa shape index (κ2) is 31.8. The SMILES string of the molecule is CCC(NN)C(C)NN.CCCCCCCCCCCCCCCCCCC(N)CCCCCN. The summed E-state index contributed by atoms with van der Waals surface area (Å²) in [6.45, 7) is 7.16. The van der Waals surface area contributed by atoms with Crippen molar-refractivity contribution in [3.63, 3.8) is 0 Å². The fourth-order valence-corrected chi connectivity index (χ4v) is 4.56. The van der Waals surface area contributed by atoms with Crippen LogP contribution >= 0.6 is 0 Å². The van der Waals surface area contributed by atoms with Crippen LogP contribution in [0.3, 0.4) is 0 Å². The van der Waals surface area contributed by atoms with Crippen LogP contribution in [0.1, 0.15) is 162 Å². The molecule has 0 radical (unpaired) electrons. The molecule has 0 heterocycles. The minimum absolute atomic E-state index is 0.222. The summed E-state index contributed by atoms with van der Waals surface area (Å²) in [7, 11) is 0. The summed E-state index contributed by atoms with van der Waals surface area (Å²) in [5.74, 6) is 10.4. The topological polar surface area (TPSA) is 128 Å². The first-order chi connectivity index (χ1) is 17.1. The van der Waals surface area contributed by atoms with E-state index in [1.807, 2.05) is 6.92 Å². The Morgan fingerprint density at radius 1 is 0.543 bits per heavy atom. The average molecular weight is 501 g/mol. The minimum Gasteiger partial charge on any atom is -0.330 e. The van der Waals surface area contributed by atoms with E-state index in [2.05, 4.69) is 24.7 Å². The Bertz CT molecular complexity index is 365. The quantitative estimate of drug-likeness (QED) is 0.0453. The molecule has 3 unspecified atom stereocenters. The van der Waals surface area contributed by atoms with Crippen molar-refractivity contribution < 1.29 is 0 Å². The largest absolute Gasteiger partial charge is 0.330 e. The molecule has 0 aromatic heterocycles. The van der Waals surface area contributed by atoms with E-state index in [0.717, 1.165) is 19.4 Å². The van der Waals surface area contributed by atoms with Crippen molar-refractivity contribution in [2.24, 2.45) is 23.2 Å². The van der Waals surface area contributed by atoms with Gasteiger partial charge in [0.15, 0.2) is 0 Å². The van der Waals surface area contributed by atoms with Crippen LogP contribution in [0.15, 0.2) is 0 Å². The summed E-state index contributed by atoms with van der Waals surface area (Å²) >= 11 is 0. The smallest absolute Gasteiger partial charge is 0.0372 e. The van der Waals surface area contributed by atoms with Gasteiger partial charge in [-0.2, -0.15) is 0 Å². The van der Waals surface area contributed by atoms with E-state index in [9.17, 15) is 0 Å². The van der Waals surface area contributed by atoms with E-state index in [0.29, 0.717) is 6.04 Å². The van der Waals surface area contributed by atoms with Gasteiger partial charge in [-0.1, -0.05) is 129 Å². The van der Waals surface area contributed by atoms with E-state index >= 15 is 0 Å². The van der Waals surface area contributed by atoms with Gasteiger partial charge in [0.25, 0.3) is 0 Å². The van der Waals surface area contributed by atoms with Gasteiger partial charge in [0.2, 0.25) is 0 Å². The number of hydrogen-bond donors (Lipinski definition) is 6. The van der Waals surface area contributed by atoms with Crippen LogP contribution in [0, 0.1) is 0 Å². The summed E-state index contributed by atoms with van der Waals surface area (Å²) in [6.07, 6.45) is 30.1. The molecular weight excluding hydrogens is 432 g/mol. The fourth-order valence-electron chi connectivity index (χ4n) is 4.56. The lowest BCUT2D eigenvalue weighted by atomic mass is 10.0. The number of unbranched alkanes of at least 4 members (excludes halogenated alkanes) is 17. The monoisotopic (exact) mass is 501 g/mol. The van der Waals surface area contributed by atoms with Crippen LogP contribution in [0.25, 0.3) is 0 Å². The first-order valence-electron chi connectivity index (χ1n) is 15.4. The molecule has 3 atom stereocenters. The van der Waals surface area contributed by atoms with Crippen LogP contribution in [-0.2, 0) is 0 Å². The highest BCUT2D eigenvalue weighted by Crippen LogP contribution is 2.15. The summed E-state index contributed by atoms with van der Waals surface area (Å²) in [4.78, 5) is 0. The van der Waals surface area contributed by atoms with Crippen molar-refractivity contribution in [1.82, 2.24) is 10.9 Å². The van der Waals surface area contributed by atoms with Crippen molar-refractivity contribution in [3.8, 4) is 0 Å². The number of hydrogen-bond acceptors (Lipinski definition) is 6. The standard InChI is InChI=1S/C24H52N2.C5H16N4/c1-2-3-4-5-6-7-8-9-10-11-12-13-14-15-16-18-21-24(26)22-19-17-20-23-25;1-3-5(9-7)4(2)8-6/h24H,2-23,25-26H2,1H3;4-5,8-9H,3,6-7H2,1-2H3. The van der Waals surface area contributed by atoms with E-state index in [4.69, 9.17) is 23.2 Å². The first-order valence-corrected chi connectivity index (χ1v) is 15.4. The van der Waals surface area contributed by atoms with Crippen LogP contribution in [-0.4, -0.2) is 24.7 Å². The predicted octanol–water partition coefficient (Wildman–Crippen LogP) is 6.56. The van der Waals surface area contributed by atoms with Crippen LogP contribution in [0.5, 0.6) is 0 Å². The molecule has 0 fully saturated rings. The van der Waals surface area contributed by atoms with E-state index in [-0.39, 0.29) is 12.1 Å². The lowest BCUT2D eigenvalue weighted by Gasteiger charge is -2.20. The Morgan fingerprint density at radius 2 is 0.914 bits per heavy atom. The molecule has 0 aliphatic carbocycles. The zero-order valence-electron chi connectivity index (χ0n) is 24.3. The molecule has 0 aromatic carbocycles. The molecule has 214 valence electrons. The number of hydrazine groups is 2. The average Bonchev–Trinajstić information content (AvgIpc) is 2.87. The van der Waals surface area contributed by atoms with Gasteiger partial charge >= 0.3 is 0 Å². The summed E-state index contributed by atoms with van der Waals surface area (Å²) in [5.41, 5.74) is 17.0. The highest BCUT2D eigenvalue weighted by Gasteiger charge is 2.10. The molecule has 10 N–H and O–H groups in total. The summed E-state index contributed by atoms with van der Waals surface area (Å²) in [6, 6.07) is 0.911. The Labute approximate surface area is 220 Å². The summed E-state index contributed by atoms with van der Waals surface area (Å²) < 4.78 is 0. The molecule has 0 saturated heterocycles. The number of nitrogens with two attached hydrogens (primary N) is 4. The third-order valence-electron chi connectivity index (χ3n) is 7.23. The molecule has 6 heteroatoms. The zero-order valence-corrected chi connectivity index (χ0v) is 24.3. The van der Waals surface area contributed by atoms with Gasteiger partial charge in [0.1, 0.15) is 0 Å². The van der Waals surface area contributed by atoms with Gasteiger partial charge in [-0.05, 0) is 39.2 Å². The van der Waals surface area contributed by atoms with Crippen LogP contribution in [0.2, 0.25) is 0 Å². The second-order valence-corrected chi connectivity index (χ2v) is 10.6. The predicted molar refractivity (Wildman–Crippen MR) is 158 cm³/mol. The molecule has 6 nitrogen and oxygen atoms in total. The Balaban J connectivity index is 0. The third kappa shape index (κ3) is 29.9. The highest BCUT2D eigenvalue weighted by molar-refractivity contribution is 4.72. The minimum atomic E-state index is 0.222. The van der Waals surface area contributed by atoms with Gasteiger partial charge in [0, 0.05) is 18.1 Å². The van der Waals surface area contributed by atoms with Crippen molar-refractivity contribution in [2.45, 2.75) is 180 Å². The molecule has 0 saturated carbocycles. The zero-order chi connectivity index (χ0) is 26.4. The van der Waals surface area contributed by atoms with Gasteiger partial charge in [-0.15, -0.1) is 0 Å². The lowest BCUT2D eigenvalue weighted by molar-refractivity contribution is 0.389. The fraction of sp³-hybridized carbons (Fsp3) is 1.00. The summed E-state index contributed by atoms with van der Waals surface area (Å²) in [5, 5.41) is 0. The van der Waals surface area contributed by atoms with Crippen LogP contribution in [0.4, 0.5) is 0 Å². The lowest BCUT2D eigenvalue weighted by Crippen LogP contribution is -2.50. The number of rotatable bonds is 26. The van der Waals surface area contributed by atoms with Gasteiger partial charge < -0.3 is 11.5 Å². The molecule has 0 amide bonds. The molecule has 0 aliphatic rings. The second-order valence-electron chi connectivity index (χ2n) is 10.6. The van der Waals surface area contributed by atoms with Gasteiger partial charge in [0.05, 0.1) is 0 Å². The Morgan fingerprint density at radius 3 is 1.20 bits per heavy atom. The van der Waals surface area contributed by atoms with Crippen molar-refractivity contribution in [1.29, 1.82) is 0 Å². The maximum absolute atomic E-state index is 6.19. The maximum atomic E-state index is 6.19. The molecule has 0 bridgehead atoms. The molecule has 35 heavy (non-hydrogen) atoms. The van der Waals surface area contributed by atoms with Crippen molar-refractivity contribution in [2.75, 3.05) is 6.54 Å². The van der Waals surface area contributed by atoms with Gasteiger partial charge in [-0.25, -0.2) is 0 Å². The first kappa shape index (κ1) is 36.9. The Hall–Kier alpha value is -0.240.